The van der Waals surface area contributed by atoms with Crippen molar-refractivity contribution in [2.45, 2.75) is 6.92 Å². The van der Waals surface area contributed by atoms with Crippen LogP contribution < -0.4 is 10.1 Å². The standard InChI is InChI=1S/C14H13ClN2O2/c1-9-7-11(4-5-12(9)19-2)17-14(18)10-3-6-13(15)16-8-10/h3-8H,1-2H3,(H,17,18). The zero-order valence-corrected chi connectivity index (χ0v) is 11.4. The number of rotatable bonds is 3. The highest BCUT2D eigenvalue weighted by molar-refractivity contribution is 6.29. The molecule has 1 heterocycles. The second kappa shape index (κ2) is 5.71. The molecule has 0 bridgehead atoms. The summed E-state index contributed by atoms with van der Waals surface area (Å²) in [5, 5.41) is 3.15. The Hall–Kier alpha value is -2.07. The normalized spacial score (nSPS) is 10.1. The Morgan fingerprint density at radius 1 is 1.32 bits per heavy atom. The van der Waals surface area contributed by atoms with Crippen molar-refractivity contribution in [2.24, 2.45) is 0 Å². The molecule has 0 aliphatic carbocycles. The Kier molecular flexibility index (Phi) is 4.02. The molecule has 1 amide bonds. The molecule has 98 valence electrons. The number of hydrogen-bond donors (Lipinski definition) is 1. The smallest absolute Gasteiger partial charge is 0.257 e. The van der Waals surface area contributed by atoms with Gasteiger partial charge in [0.1, 0.15) is 10.9 Å². The van der Waals surface area contributed by atoms with Crippen LogP contribution in [-0.4, -0.2) is 18.0 Å². The van der Waals surface area contributed by atoms with Gasteiger partial charge in [0, 0.05) is 11.9 Å². The Morgan fingerprint density at radius 3 is 2.68 bits per heavy atom. The molecule has 19 heavy (non-hydrogen) atoms. The number of anilines is 1. The number of benzene rings is 1. The summed E-state index contributed by atoms with van der Waals surface area (Å²) in [5.74, 6) is 0.555. The molecule has 2 rings (SSSR count). The fourth-order valence-corrected chi connectivity index (χ4v) is 1.78. The fourth-order valence-electron chi connectivity index (χ4n) is 1.67. The van der Waals surface area contributed by atoms with E-state index in [9.17, 15) is 4.79 Å². The molecule has 4 nitrogen and oxygen atoms in total. The summed E-state index contributed by atoms with van der Waals surface area (Å²) < 4.78 is 5.17. The molecule has 1 aromatic carbocycles. The number of hydrogen-bond acceptors (Lipinski definition) is 3. The number of aromatic nitrogens is 1. The van der Waals surface area contributed by atoms with E-state index in [-0.39, 0.29) is 5.91 Å². The van der Waals surface area contributed by atoms with E-state index < -0.39 is 0 Å². The molecule has 1 N–H and O–H groups in total. The minimum Gasteiger partial charge on any atom is -0.496 e. The maximum absolute atomic E-state index is 12.0. The predicted molar refractivity (Wildman–Crippen MR) is 74.9 cm³/mol. The van der Waals surface area contributed by atoms with E-state index in [4.69, 9.17) is 16.3 Å². The molecular weight excluding hydrogens is 264 g/mol. The average Bonchev–Trinajstić information content (AvgIpc) is 2.39. The van der Waals surface area contributed by atoms with Gasteiger partial charge in [-0.3, -0.25) is 4.79 Å². The third-order valence-corrected chi connectivity index (χ3v) is 2.87. The van der Waals surface area contributed by atoms with Crippen LogP contribution in [0.1, 0.15) is 15.9 Å². The lowest BCUT2D eigenvalue weighted by Crippen LogP contribution is -2.12. The summed E-state index contributed by atoms with van der Waals surface area (Å²) in [6.07, 6.45) is 1.44. The molecule has 5 heteroatoms. The Balaban J connectivity index is 2.14. The van der Waals surface area contributed by atoms with E-state index in [0.717, 1.165) is 11.3 Å². The van der Waals surface area contributed by atoms with Crippen LogP contribution in [0.4, 0.5) is 5.69 Å². The third kappa shape index (κ3) is 3.23. The fraction of sp³-hybridized carbons (Fsp3) is 0.143. The van der Waals surface area contributed by atoms with Crippen LogP contribution in [0.15, 0.2) is 36.5 Å². The van der Waals surface area contributed by atoms with Crippen LogP contribution in [-0.2, 0) is 0 Å². The minimum absolute atomic E-state index is 0.228. The second-order valence-corrected chi connectivity index (χ2v) is 4.40. The quantitative estimate of drug-likeness (QED) is 0.875. The molecule has 1 aromatic heterocycles. The number of ether oxygens (including phenoxy) is 1. The molecule has 2 aromatic rings. The molecule has 0 atom stereocenters. The van der Waals surface area contributed by atoms with E-state index in [2.05, 4.69) is 10.3 Å². The maximum Gasteiger partial charge on any atom is 0.257 e. The van der Waals surface area contributed by atoms with Crippen LogP contribution >= 0.6 is 11.6 Å². The van der Waals surface area contributed by atoms with Crippen LogP contribution in [0.25, 0.3) is 0 Å². The van der Waals surface area contributed by atoms with E-state index in [1.165, 1.54) is 6.20 Å². The van der Waals surface area contributed by atoms with Gasteiger partial charge in [0.05, 0.1) is 12.7 Å². The first kappa shape index (κ1) is 13.4. The number of amides is 1. The first-order chi connectivity index (χ1) is 9.10. The SMILES string of the molecule is COc1ccc(NC(=O)c2ccc(Cl)nc2)cc1C. The lowest BCUT2D eigenvalue weighted by Gasteiger charge is -2.09. The lowest BCUT2D eigenvalue weighted by atomic mass is 10.2. The summed E-state index contributed by atoms with van der Waals surface area (Å²) in [6.45, 7) is 1.92. The molecule has 0 fully saturated rings. The van der Waals surface area contributed by atoms with Gasteiger partial charge >= 0.3 is 0 Å². The summed E-state index contributed by atoms with van der Waals surface area (Å²) in [5.41, 5.74) is 2.12. The second-order valence-electron chi connectivity index (χ2n) is 4.01. The number of nitrogens with one attached hydrogen (secondary N) is 1. The molecular formula is C14H13ClN2O2. The van der Waals surface area contributed by atoms with Gasteiger partial charge in [-0.15, -0.1) is 0 Å². The first-order valence-electron chi connectivity index (χ1n) is 5.67. The van der Waals surface area contributed by atoms with Crippen molar-refractivity contribution >= 4 is 23.2 Å². The molecule has 0 radical (unpaired) electrons. The zero-order chi connectivity index (χ0) is 13.8. The van der Waals surface area contributed by atoms with Crippen LogP contribution in [0.5, 0.6) is 5.75 Å². The highest BCUT2D eigenvalue weighted by Crippen LogP contribution is 2.21. The van der Waals surface area contributed by atoms with E-state index in [1.807, 2.05) is 19.1 Å². The molecule has 0 spiro atoms. The van der Waals surface area contributed by atoms with Gasteiger partial charge in [0.15, 0.2) is 0 Å². The van der Waals surface area contributed by atoms with Crippen LogP contribution in [0.2, 0.25) is 5.15 Å². The molecule has 0 aliphatic heterocycles. The summed E-state index contributed by atoms with van der Waals surface area (Å²) >= 11 is 5.67. The van der Waals surface area contributed by atoms with E-state index in [0.29, 0.717) is 16.4 Å². The van der Waals surface area contributed by atoms with Gasteiger partial charge in [-0.25, -0.2) is 4.98 Å². The highest BCUT2D eigenvalue weighted by Gasteiger charge is 2.07. The molecule has 0 unspecified atom stereocenters. The van der Waals surface area contributed by atoms with Crippen LogP contribution in [0.3, 0.4) is 0 Å². The van der Waals surface area contributed by atoms with Gasteiger partial charge in [-0.2, -0.15) is 0 Å². The first-order valence-corrected chi connectivity index (χ1v) is 6.05. The van der Waals surface area contributed by atoms with Gasteiger partial charge in [0.25, 0.3) is 5.91 Å². The zero-order valence-electron chi connectivity index (χ0n) is 10.6. The molecule has 0 aliphatic rings. The topological polar surface area (TPSA) is 51.2 Å². The number of carbonyl (C=O) groups excluding carboxylic acids is 1. The number of methoxy groups -OCH3 is 1. The number of aryl methyl sites for hydroxylation is 1. The number of pyridine rings is 1. The molecule has 0 saturated carbocycles. The number of carbonyl (C=O) groups is 1. The van der Waals surface area contributed by atoms with Gasteiger partial charge in [-0.1, -0.05) is 11.6 Å². The van der Waals surface area contributed by atoms with Crippen molar-refractivity contribution in [2.75, 3.05) is 12.4 Å². The monoisotopic (exact) mass is 276 g/mol. The third-order valence-electron chi connectivity index (χ3n) is 2.64. The van der Waals surface area contributed by atoms with E-state index in [1.54, 1.807) is 25.3 Å². The minimum atomic E-state index is -0.228. The Labute approximate surface area is 116 Å². The van der Waals surface area contributed by atoms with Crippen molar-refractivity contribution in [1.29, 1.82) is 0 Å². The van der Waals surface area contributed by atoms with Gasteiger partial charge in [-0.05, 0) is 42.8 Å². The predicted octanol–water partition coefficient (Wildman–Crippen LogP) is 3.30. The van der Waals surface area contributed by atoms with Crippen molar-refractivity contribution in [3.05, 3.63) is 52.8 Å². The van der Waals surface area contributed by atoms with Crippen molar-refractivity contribution in [1.82, 2.24) is 4.98 Å². The van der Waals surface area contributed by atoms with Crippen molar-refractivity contribution in [3.8, 4) is 5.75 Å². The average molecular weight is 277 g/mol. The Bertz CT molecular complexity index is 597. The highest BCUT2D eigenvalue weighted by atomic mass is 35.5. The Morgan fingerprint density at radius 2 is 2.11 bits per heavy atom. The summed E-state index contributed by atoms with van der Waals surface area (Å²) in [6, 6.07) is 8.65. The summed E-state index contributed by atoms with van der Waals surface area (Å²) in [7, 11) is 1.61. The van der Waals surface area contributed by atoms with Crippen LogP contribution in [0, 0.1) is 6.92 Å². The van der Waals surface area contributed by atoms with E-state index >= 15 is 0 Å². The van der Waals surface area contributed by atoms with Gasteiger partial charge < -0.3 is 10.1 Å². The maximum atomic E-state index is 12.0. The lowest BCUT2D eigenvalue weighted by molar-refractivity contribution is 0.102. The molecule has 0 saturated heterocycles. The van der Waals surface area contributed by atoms with Crippen molar-refractivity contribution in [3.63, 3.8) is 0 Å². The van der Waals surface area contributed by atoms with Crippen molar-refractivity contribution < 1.29 is 9.53 Å². The number of nitrogens with zero attached hydrogens (tertiary/aromatic N) is 1. The number of halogens is 1. The van der Waals surface area contributed by atoms with Gasteiger partial charge in [0.2, 0.25) is 0 Å². The summed E-state index contributed by atoms with van der Waals surface area (Å²) in [4.78, 5) is 15.8. The largest absolute Gasteiger partial charge is 0.496 e.